The summed E-state index contributed by atoms with van der Waals surface area (Å²) in [6, 6.07) is 0. The first kappa shape index (κ1) is 28.4. The number of carbonyl (C=O) groups excluding carboxylic acids is 1. The highest BCUT2D eigenvalue weighted by atomic mass is 32.2. The van der Waals surface area contributed by atoms with Crippen molar-refractivity contribution >= 4 is 16.1 Å². The minimum Gasteiger partial charge on any atom is -0.465 e. The molecule has 5 nitrogen and oxygen atoms in total. The van der Waals surface area contributed by atoms with Crippen LogP contribution in [0.5, 0.6) is 0 Å². The maximum atomic E-state index is 12.0. The van der Waals surface area contributed by atoms with E-state index in [0.29, 0.717) is 6.42 Å². The molecular weight excluding hydrogens is 388 g/mol. The van der Waals surface area contributed by atoms with Crippen LogP contribution in [-0.4, -0.2) is 30.8 Å². The smallest absolute Gasteiger partial charge is 0.326 e. The molecule has 0 aromatic rings. The van der Waals surface area contributed by atoms with E-state index < -0.39 is 21.3 Å². The third kappa shape index (κ3) is 17.9. The van der Waals surface area contributed by atoms with Crippen LogP contribution in [0.2, 0.25) is 0 Å². The van der Waals surface area contributed by atoms with Gasteiger partial charge in [-0.1, -0.05) is 117 Å². The lowest BCUT2D eigenvalue weighted by Crippen LogP contribution is -2.32. The Bertz CT molecular complexity index is 476. The highest BCUT2D eigenvalue weighted by Gasteiger charge is 2.31. The van der Waals surface area contributed by atoms with E-state index in [2.05, 4.69) is 6.92 Å². The summed E-state index contributed by atoms with van der Waals surface area (Å²) in [6.07, 6.45) is 19.8. The van der Waals surface area contributed by atoms with Crippen molar-refractivity contribution in [1.82, 2.24) is 0 Å². The number of unbranched alkanes of at least 4 members (excludes halogenated alkanes) is 15. The molecule has 0 aromatic heterocycles. The molecule has 0 aliphatic heterocycles. The Morgan fingerprint density at radius 2 is 1.07 bits per heavy atom. The summed E-state index contributed by atoms with van der Waals surface area (Å²) in [6.45, 7) is 4.51. The van der Waals surface area contributed by atoms with Crippen molar-refractivity contribution in [2.45, 2.75) is 135 Å². The molecule has 0 saturated carbocycles. The molecule has 0 spiro atoms. The molecule has 1 N–H and O–H groups in total. The van der Waals surface area contributed by atoms with Crippen LogP contribution in [0.4, 0.5) is 0 Å². The van der Waals surface area contributed by atoms with Crippen molar-refractivity contribution in [3.63, 3.8) is 0 Å². The second-order valence-electron chi connectivity index (χ2n) is 8.26. The lowest BCUT2D eigenvalue weighted by molar-refractivity contribution is -0.143. The predicted molar refractivity (Wildman–Crippen MR) is 121 cm³/mol. The molecule has 0 amide bonds. The fourth-order valence-electron chi connectivity index (χ4n) is 3.53. The fourth-order valence-corrected chi connectivity index (χ4v) is 4.31. The minimum absolute atomic E-state index is 0.142. The number of ether oxygens (including phenoxy) is 1. The third-order valence-electron chi connectivity index (χ3n) is 5.43. The van der Waals surface area contributed by atoms with E-state index in [9.17, 15) is 17.8 Å². The summed E-state index contributed by atoms with van der Waals surface area (Å²) in [4.78, 5) is 12.0. The van der Waals surface area contributed by atoms with Gasteiger partial charge in [-0.3, -0.25) is 9.35 Å². The molecule has 0 saturated heterocycles. The molecule has 0 aliphatic carbocycles. The Morgan fingerprint density at radius 3 is 1.48 bits per heavy atom. The van der Waals surface area contributed by atoms with Crippen LogP contribution in [0.3, 0.4) is 0 Å². The first-order chi connectivity index (χ1) is 13.9. The molecule has 174 valence electrons. The lowest BCUT2D eigenvalue weighted by Gasteiger charge is -2.13. The SMILES string of the molecule is CCCCCCCCCCCCCCCCC(C(=O)OCCCCC)S(=O)(=O)O. The van der Waals surface area contributed by atoms with E-state index in [0.717, 1.165) is 38.5 Å². The van der Waals surface area contributed by atoms with Crippen LogP contribution in [0, 0.1) is 0 Å². The van der Waals surface area contributed by atoms with Crippen LogP contribution >= 0.6 is 0 Å². The number of hydrogen-bond acceptors (Lipinski definition) is 4. The van der Waals surface area contributed by atoms with Gasteiger partial charge in [0, 0.05) is 0 Å². The second kappa shape index (κ2) is 19.3. The molecule has 1 unspecified atom stereocenters. The van der Waals surface area contributed by atoms with Gasteiger partial charge in [0.25, 0.3) is 10.1 Å². The van der Waals surface area contributed by atoms with E-state index in [-0.39, 0.29) is 13.0 Å². The van der Waals surface area contributed by atoms with Crippen LogP contribution in [-0.2, 0) is 19.6 Å². The minimum atomic E-state index is -4.40. The first-order valence-corrected chi connectivity index (χ1v) is 13.6. The van der Waals surface area contributed by atoms with Crippen molar-refractivity contribution in [3.8, 4) is 0 Å². The third-order valence-corrected chi connectivity index (χ3v) is 6.58. The normalized spacial score (nSPS) is 12.8. The molecule has 6 heteroatoms. The van der Waals surface area contributed by atoms with Crippen molar-refractivity contribution < 1.29 is 22.5 Å². The average Bonchev–Trinajstić information content (AvgIpc) is 2.67. The van der Waals surface area contributed by atoms with E-state index in [1.54, 1.807) is 0 Å². The van der Waals surface area contributed by atoms with Crippen LogP contribution in [0.15, 0.2) is 0 Å². The fraction of sp³-hybridized carbons (Fsp3) is 0.957. The van der Waals surface area contributed by atoms with Gasteiger partial charge in [-0.15, -0.1) is 0 Å². The molecular formula is C23H46O5S. The Labute approximate surface area is 180 Å². The van der Waals surface area contributed by atoms with Crippen LogP contribution < -0.4 is 0 Å². The van der Waals surface area contributed by atoms with Crippen molar-refractivity contribution in [2.75, 3.05) is 6.61 Å². The maximum Gasteiger partial charge on any atom is 0.326 e. The maximum absolute atomic E-state index is 12.0. The Morgan fingerprint density at radius 1 is 0.690 bits per heavy atom. The molecule has 29 heavy (non-hydrogen) atoms. The van der Waals surface area contributed by atoms with E-state index in [1.165, 1.54) is 64.2 Å². The largest absolute Gasteiger partial charge is 0.465 e. The Kier molecular flexibility index (Phi) is 18.9. The van der Waals surface area contributed by atoms with Gasteiger partial charge in [0.15, 0.2) is 5.25 Å². The topological polar surface area (TPSA) is 80.7 Å². The molecule has 0 aromatic carbocycles. The summed E-state index contributed by atoms with van der Waals surface area (Å²) in [5.41, 5.74) is 0. The Hall–Kier alpha value is -0.620. The number of carbonyl (C=O) groups is 1. The summed E-state index contributed by atoms with van der Waals surface area (Å²) in [7, 11) is -4.40. The number of esters is 1. The van der Waals surface area contributed by atoms with Crippen molar-refractivity contribution in [2.24, 2.45) is 0 Å². The van der Waals surface area contributed by atoms with E-state index >= 15 is 0 Å². The molecule has 1 atom stereocenters. The number of rotatable bonds is 21. The molecule has 0 bridgehead atoms. The van der Waals surface area contributed by atoms with Gasteiger partial charge in [0.2, 0.25) is 0 Å². The molecule has 0 heterocycles. The molecule has 0 fully saturated rings. The average molecular weight is 435 g/mol. The highest BCUT2D eigenvalue weighted by Crippen LogP contribution is 2.16. The van der Waals surface area contributed by atoms with Crippen LogP contribution in [0.25, 0.3) is 0 Å². The van der Waals surface area contributed by atoms with Gasteiger partial charge < -0.3 is 4.74 Å². The van der Waals surface area contributed by atoms with Crippen LogP contribution in [0.1, 0.15) is 129 Å². The lowest BCUT2D eigenvalue weighted by atomic mass is 10.0. The standard InChI is InChI=1S/C23H46O5S/c1-3-5-7-8-9-10-11-12-13-14-15-16-17-18-20-22(29(25,26)27)23(24)28-21-19-6-4-2/h22H,3-21H2,1-2H3,(H,25,26,27). The summed E-state index contributed by atoms with van der Waals surface area (Å²) >= 11 is 0. The van der Waals surface area contributed by atoms with Gasteiger partial charge in [0.05, 0.1) is 6.61 Å². The zero-order valence-corrected chi connectivity index (χ0v) is 19.8. The van der Waals surface area contributed by atoms with E-state index in [1.807, 2.05) is 6.92 Å². The first-order valence-electron chi connectivity index (χ1n) is 12.1. The summed E-state index contributed by atoms with van der Waals surface area (Å²) in [5, 5.41) is -1.43. The van der Waals surface area contributed by atoms with Gasteiger partial charge in [0.1, 0.15) is 0 Å². The van der Waals surface area contributed by atoms with Crippen molar-refractivity contribution in [3.05, 3.63) is 0 Å². The second-order valence-corrected chi connectivity index (χ2v) is 9.86. The van der Waals surface area contributed by atoms with Crippen molar-refractivity contribution in [1.29, 1.82) is 0 Å². The van der Waals surface area contributed by atoms with Gasteiger partial charge >= 0.3 is 5.97 Å². The molecule has 0 radical (unpaired) electrons. The van der Waals surface area contributed by atoms with Gasteiger partial charge in [-0.2, -0.15) is 8.42 Å². The molecule has 0 aliphatic rings. The summed E-state index contributed by atoms with van der Waals surface area (Å²) in [5.74, 6) is -0.807. The zero-order valence-electron chi connectivity index (χ0n) is 19.0. The number of hydrogen-bond donors (Lipinski definition) is 1. The monoisotopic (exact) mass is 434 g/mol. The highest BCUT2D eigenvalue weighted by molar-refractivity contribution is 7.87. The molecule has 0 rings (SSSR count). The predicted octanol–water partition coefficient (Wildman–Crippen LogP) is 6.85. The Balaban J connectivity index is 3.69. The quantitative estimate of drug-likeness (QED) is 0.121. The van der Waals surface area contributed by atoms with Gasteiger partial charge in [-0.25, -0.2) is 0 Å². The zero-order chi connectivity index (χ0) is 21.8. The van der Waals surface area contributed by atoms with E-state index in [4.69, 9.17) is 4.74 Å². The summed E-state index contributed by atoms with van der Waals surface area (Å²) < 4.78 is 37.3. The van der Waals surface area contributed by atoms with Gasteiger partial charge in [-0.05, 0) is 12.8 Å².